The molecule has 0 bridgehead atoms. The summed E-state index contributed by atoms with van der Waals surface area (Å²) in [5.41, 5.74) is 2.47. The third kappa shape index (κ3) is 4.93. The number of fused-ring (bicyclic) bond motifs is 3. The molecule has 1 unspecified atom stereocenters. The number of hydrogen-bond acceptors (Lipinski definition) is 6. The summed E-state index contributed by atoms with van der Waals surface area (Å²) in [6.07, 6.45) is 3.45. The van der Waals surface area contributed by atoms with Crippen molar-refractivity contribution in [2.75, 3.05) is 25.5 Å². The van der Waals surface area contributed by atoms with Crippen molar-refractivity contribution < 1.29 is 9.53 Å². The van der Waals surface area contributed by atoms with Crippen molar-refractivity contribution in [3.05, 3.63) is 24.0 Å². The Morgan fingerprint density at radius 3 is 2.79 bits per heavy atom. The molecule has 29 heavy (non-hydrogen) atoms. The molecule has 156 valence electrons. The molecule has 0 aliphatic heterocycles. The Labute approximate surface area is 171 Å². The Kier molecular flexibility index (Phi) is 6.85. The number of ether oxygens (including phenoxy) is 1. The fourth-order valence-electron chi connectivity index (χ4n) is 3.22. The van der Waals surface area contributed by atoms with Gasteiger partial charge < -0.3 is 15.4 Å². The van der Waals surface area contributed by atoms with Crippen LogP contribution in [0.5, 0.6) is 5.75 Å². The minimum atomic E-state index is 0.137. The van der Waals surface area contributed by atoms with Gasteiger partial charge >= 0.3 is 0 Å². The normalized spacial score (nSPS) is 12.3. The van der Waals surface area contributed by atoms with Crippen LogP contribution in [0.4, 0.5) is 5.82 Å². The molecular formula is C21H30N6O2. The smallest absolute Gasteiger partial charge is 0.220 e. The van der Waals surface area contributed by atoms with Crippen molar-refractivity contribution in [3.8, 4) is 5.75 Å². The molecule has 0 aliphatic rings. The summed E-state index contributed by atoms with van der Waals surface area (Å²) in [6.45, 7) is 7.57. The van der Waals surface area contributed by atoms with Crippen LogP contribution in [0.1, 0.15) is 45.4 Å². The minimum Gasteiger partial charge on any atom is -0.497 e. The number of rotatable bonds is 10. The number of aryl methyl sites for hydroxylation is 1. The minimum absolute atomic E-state index is 0.137. The number of methoxy groups -OCH3 is 1. The summed E-state index contributed by atoms with van der Waals surface area (Å²) in [4.78, 5) is 16.6. The number of nitrogens with zero attached hydrogens (tertiary/aromatic N) is 4. The maximum Gasteiger partial charge on any atom is 0.220 e. The molecule has 8 heteroatoms. The van der Waals surface area contributed by atoms with E-state index in [2.05, 4.69) is 34.7 Å². The Bertz CT molecular complexity index is 984. The largest absolute Gasteiger partial charge is 0.497 e. The molecule has 3 rings (SSSR count). The van der Waals surface area contributed by atoms with E-state index in [1.54, 1.807) is 7.11 Å². The molecular weight excluding hydrogens is 368 g/mol. The number of anilines is 1. The number of carbonyl (C=O) groups is 1. The molecule has 0 saturated carbocycles. The molecule has 1 amide bonds. The third-order valence-electron chi connectivity index (χ3n) is 5.14. The predicted molar refractivity (Wildman–Crippen MR) is 114 cm³/mol. The van der Waals surface area contributed by atoms with Crippen LogP contribution < -0.4 is 15.4 Å². The van der Waals surface area contributed by atoms with Crippen molar-refractivity contribution in [1.82, 2.24) is 24.9 Å². The van der Waals surface area contributed by atoms with Crippen LogP contribution in [0.2, 0.25) is 0 Å². The van der Waals surface area contributed by atoms with Crippen molar-refractivity contribution in [3.63, 3.8) is 0 Å². The van der Waals surface area contributed by atoms with E-state index in [1.807, 2.05) is 29.5 Å². The highest BCUT2D eigenvalue weighted by molar-refractivity contribution is 5.84. The fraction of sp³-hybridized carbons (Fsp3) is 0.524. The van der Waals surface area contributed by atoms with Gasteiger partial charge in [0.15, 0.2) is 5.82 Å². The molecule has 2 N–H and O–H groups in total. The van der Waals surface area contributed by atoms with Gasteiger partial charge in [-0.3, -0.25) is 9.20 Å². The molecule has 1 atom stereocenters. The highest BCUT2D eigenvalue weighted by atomic mass is 16.5. The highest BCUT2D eigenvalue weighted by Gasteiger charge is 2.13. The third-order valence-corrected chi connectivity index (χ3v) is 5.14. The van der Waals surface area contributed by atoms with Crippen molar-refractivity contribution in [1.29, 1.82) is 0 Å². The Morgan fingerprint density at radius 1 is 1.24 bits per heavy atom. The number of aromatic nitrogens is 4. The molecule has 0 aliphatic carbocycles. The van der Waals surface area contributed by atoms with Crippen LogP contribution in [-0.2, 0) is 4.79 Å². The van der Waals surface area contributed by atoms with Crippen LogP contribution in [0.3, 0.4) is 0 Å². The van der Waals surface area contributed by atoms with Crippen molar-refractivity contribution in [2.45, 2.75) is 46.5 Å². The number of nitrogens with one attached hydrogen (secondary N) is 2. The standard InChI is InChI=1S/C21H30N6O2/c1-5-14(2)12-19(28)22-10-6-7-11-23-20-21-26-25-15(3)27(21)18-9-8-16(29-4)13-17(18)24-20/h8-9,13-14H,5-7,10-12H2,1-4H3,(H,22,28)(H,23,24). The Hall–Kier alpha value is -2.90. The van der Waals surface area contributed by atoms with Crippen LogP contribution in [0, 0.1) is 12.8 Å². The van der Waals surface area contributed by atoms with Crippen LogP contribution in [0.25, 0.3) is 16.7 Å². The van der Waals surface area contributed by atoms with E-state index >= 15 is 0 Å². The monoisotopic (exact) mass is 398 g/mol. The van der Waals surface area contributed by atoms with Crippen LogP contribution in [0.15, 0.2) is 18.2 Å². The second-order valence-electron chi connectivity index (χ2n) is 7.42. The summed E-state index contributed by atoms with van der Waals surface area (Å²) in [6, 6.07) is 5.79. The molecule has 2 heterocycles. The van der Waals surface area contributed by atoms with Gasteiger partial charge in [0, 0.05) is 25.6 Å². The van der Waals surface area contributed by atoms with Crippen LogP contribution in [-0.4, -0.2) is 45.7 Å². The second kappa shape index (κ2) is 9.54. The first-order valence-corrected chi connectivity index (χ1v) is 10.2. The number of amides is 1. The van der Waals surface area contributed by atoms with Gasteiger partial charge in [-0.1, -0.05) is 20.3 Å². The molecule has 0 fully saturated rings. The first-order chi connectivity index (χ1) is 14.0. The van der Waals surface area contributed by atoms with E-state index in [0.717, 1.165) is 48.4 Å². The number of hydrogen-bond donors (Lipinski definition) is 2. The lowest BCUT2D eigenvalue weighted by molar-refractivity contribution is -0.121. The molecule has 0 radical (unpaired) electrons. The average Bonchev–Trinajstić information content (AvgIpc) is 3.11. The van der Waals surface area contributed by atoms with E-state index in [9.17, 15) is 4.79 Å². The van der Waals surface area contributed by atoms with E-state index in [4.69, 9.17) is 9.72 Å². The number of carbonyl (C=O) groups excluding carboxylic acids is 1. The van der Waals surface area contributed by atoms with Gasteiger partial charge in [-0.15, -0.1) is 10.2 Å². The molecule has 3 aromatic rings. The Balaban J connectivity index is 1.60. The van der Waals surface area contributed by atoms with Crippen molar-refractivity contribution in [2.24, 2.45) is 5.92 Å². The molecule has 0 saturated heterocycles. The average molecular weight is 399 g/mol. The van der Waals surface area contributed by atoms with Crippen molar-refractivity contribution >= 4 is 28.4 Å². The van der Waals surface area contributed by atoms with E-state index in [0.29, 0.717) is 30.3 Å². The lowest BCUT2D eigenvalue weighted by Gasteiger charge is -2.11. The second-order valence-corrected chi connectivity index (χ2v) is 7.42. The lowest BCUT2D eigenvalue weighted by atomic mass is 10.1. The van der Waals surface area contributed by atoms with E-state index in [1.165, 1.54) is 0 Å². The number of benzene rings is 1. The lowest BCUT2D eigenvalue weighted by Crippen LogP contribution is -2.26. The summed E-state index contributed by atoms with van der Waals surface area (Å²) in [7, 11) is 1.64. The van der Waals surface area contributed by atoms with Gasteiger partial charge in [0.05, 0.1) is 18.1 Å². The molecule has 2 aromatic heterocycles. The first kappa shape index (κ1) is 20.8. The van der Waals surface area contributed by atoms with Gasteiger partial charge in [0.2, 0.25) is 11.6 Å². The topological polar surface area (TPSA) is 93.4 Å². The zero-order chi connectivity index (χ0) is 20.8. The predicted octanol–water partition coefficient (Wildman–Crippen LogP) is 3.34. The zero-order valence-electron chi connectivity index (χ0n) is 17.7. The maximum atomic E-state index is 11.8. The summed E-state index contributed by atoms with van der Waals surface area (Å²) in [5, 5.41) is 14.9. The summed E-state index contributed by atoms with van der Waals surface area (Å²) >= 11 is 0. The Morgan fingerprint density at radius 2 is 2.03 bits per heavy atom. The van der Waals surface area contributed by atoms with Gasteiger partial charge in [-0.2, -0.15) is 0 Å². The first-order valence-electron chi connectivity index (χ1n) is 10.2. The van der Waals surface area contributed by atoms with Gasteiger partial charge in [0.1, 0.15) is 11.6 Å². The highest BCUT2D eigenvalue weighted by Crippen LogP contribution is 2.24. The zero-order valence-corrected chi connectivity index (χ0v) is 17.7. The van der Waals surface area contributed by atoms with E-state index in [-0.39, 0.29) is 5.91 Å². The fourth-order valence-corrected chi connectivity index (χ4v) is 3.22. The maximum absolute atomic E-state index is 11.8. The summed E-state index contributed by atoms with van der Waals surface area (Å²) < 4.78 is 7.33. The van der Waals surface area contributed by atoms with Crippen LogP contribution >= 0.6 is 0 Å². The quantitative estimate of drug-likeness (QED) is 0.509. The van der Waals surface area contributed by atoms with E-state index < -0.39 is 0 Å². The SMILES string of the molecule is CCC(C)CC(=O)NCCCCNc1nc2cc(OC)ccc2n2c(C)nnc12. The molecule has 8 nitrogen and oxygen atoms in total. The van der Waals surface area contributed by atoms with Gasteiger partial charge in [-0.05, 0) is 37.8 Å². The summed E-state index contributed by atoms with van der Waals surface area (Å²) in [5.74, 6) is 2.84. The van der Waals surface area contributed by atoms with Gasteiger partial charge in [0.25, 0.3) is 0 Å². The van der Waals surface area contributed by atoms with Gasteiger partial charge in [-0.25, -0.2) is 4.98 Å². The molecule has 0 spiro atoms. The molecule has 1 aromatic carbocycles. The number of unbranched alkanes of at least 4 members (excludes halogenated alkanes) is 1.